The van der Waals surface area contributed by atoms with Crippen molar-refractivity contribution in [3.8, 4) is 22.4 Å². The first-order chi connectivity index (χ1) is 21.1. The number of fused-ring (bicyclic) bond motifs is 1. The lowest BCUT2D eigenvalue weighted by atomic mass is 10.0. The van der Waals surface area contributed by atoms with Crippen molar-refractivity contribution < 1.29 is 27.2 Å². The van der Waals surface area contributed by atoms with Crippen LogP contribution in [0.5, 0.6) is 0 Å². The second-order valence-corrected chi connectivity index (χ2v) is 10.3. The summed E-state index contributed by atoms with van der Waals surface area (Å²) in [4.78, 5) is 30.3. The first kappa shape index (κ1) is 28.8. The number of amides is 2. The third-order valence-electron chi connectivity index (χ3n) is 7.41. The van der Waals surface area contributed by atoms with Crippen LogP contribution in [0.25, 0.3) is 33.4 Å². The SMILES string of the molecule is C=C(F)C(=O)N1CC(n2nc(-c3ccc(C(F)(F)F)cc3)c3nccc(-c4cnn(CCNC(=O)c5ccccc5)c4)c32)C1. The van der Waals surface area contributed by atoms with E-state index in [1.807, 2.05) is 12.3 Å². The molecule has 3 aromatic heterocycles. The van der Waals surface area contributed by atoms with Crippen LogP contribution < -0.4 is 5.32 Å². The number of alkyl halides is 3. The lowest BCUT2D eigenvalue weighted by molar-refractivity contribution is -0.137. The minimum atomic E-state index is -4.49. The molecule has 0 aliphatic carbocycles. The van der Waals surface area contributed by atoms with E-state index in [1.54, 1.807) is 52.1 Å². The van der Waals surface area contributed by atoms with Gasteiger partial charge < -0.3 is 10.2 Å². The van der Waals surface area contributed by atoms with Crippen LogP contribution in [0, 0.1) is 0 Å². The molecule has 13 heteroatoms. The van der Waals surface area contributed by atoms with E-state index in [1.165, 1.54) is 17.0 Å². The molecule has 5 aromatic rings. The van der Waals surface area contributed by atoms with E-state index < -0.39 is 23.5 Å². The fraction of sp³-hybridized carbons (Fsp3) is 0.194. The normalized spacial score (nSPS) is 13.6. The topological polar surface area (TPSA) is 97.9 Å². The van der Waals surface area contributed by atoms with Gasteiger partial charge >= 0.3 is 6.18 Å². The number of hydrogen-bond donors (Lipinski definition) is 1. The van der Waals surface area contributed by atoms with Gasteiger partial charge in [-0.3, -0.25) is 23.9 Å². The highest BCUT2D eigenvalue weighted by Gasteiger charge is 2.36. The summed E-state index contributed by atoms with van der Waals surface area (Å²) in [6.07, 6.45) is 0.561. The molecule has 0 saturated carbocycles. The molecule has 1 aliphatic rings. The number of aromatic nitrogens is 5. The second kappa shape index (κ2) is 11.4. The number of likely N-dealkylation sites (tertiary alicyclic amines) is 1. The van der Waals surface area contributed by atoms with Gasteiger partial charge in [0.2, 0.25) is 0 Å². The van der Waals surface area contributed by atoms with Crippen molar-refractivity contribution in [2.45, 2.75) is 18.8 Å². The highest BCUT2D eigenvalue weighted by molar-refractivity contribution is 5.99. The molecule has 0 bridgehead atoms. The molecule has 0 radical (unpaired) electrons. The number of carbonyl (C=O) groups excluding carboxylic acids is 2. The van der Waals surface area contributed by atoms with Gasteiger partial charge in [-0.05, 0) is 30.3 Å². The van der Waals surface area contributed by atoms with Gasteiger partial charge in [0.25, 0.3) is 11.8 Å². The number of hydrogen-bond acceptors (Lipinski definition) is 5. The lowest BCUT2D eigenvalue weighted by Gasteiger charge is -2.39. The Morgan fingerprint density at radius 3 is 2.41 bits per heavy atom. The van der Waals surface area contributed by atoms with E-state index in [0.717, 1.165) is 17.7 Å². The third-order valence-corrected chi connectivity index (χ3v) is 7.41. The molecule has 2 amide bonds. The van der Waals surface area contributed by atoms with Crippen LogP contribution in [0.15, 0.2) is 91.7 Å². The van der Waals surface area contributed by atoms with E-state index >= 15 is 0 Å². The van der Waals surface area contributed by atoms with Gasteiger partial charge in [-0.15, -0.1) is 0 Å². The van der Waals surface area contributed by atoms with Crippen molar-refractivity contribution in [2.24, 2.45) is 0 Å². The summed E-state index contributed by atoms with van der Waals surface area (Å²) >= 11 is 0. The quantitative estimate of drug-likeness (QED) is 0.192. The maximum atomic E-state index is 13.5. The molecule has 1 aliphatic heterocycles. The number of rotatable bonds is 8. The van der Waals surface area contributed by atoms with Crippen LogP contribution in [0.2, 0.25) is 0 Å². The van der Waals surface area contributed by atoms with Crippen molar-refractivity contribution in [3.63, 3.8) is 0 Å². The molecule has 2 aromatic carbocycles. The Labute approximate surface area is 248 Å². The number of benzene rings is 2. The Kier molecular flexibility index (Phi) is 7.45. The summed E-state index contributed by atoms with van der Waals surface area (Å²) in [5.74, 6) is -2.06. The van der Waals surface area contributed by atoms with Crippen molar-refractivity contribution in [1.29, 1.82) is 0 Å². The number of nitrogens with one attached hydrogen (secondary N) is 1. The lowest BCUT2D eigenvalue weighted by Crippen LogP contribution is -2.51. The second-order valence-electron chi connectivity index (χ2n) is 10.3. The molecule has 0 spiro atoms. The fourth-order valence-corrected chi connectivity index (χ4v) is 5.12. The molecule has 1 fully saturated rings. The van der Waals surface area contributed by atoms with Gasteiger partial charge in [0, 0.05) is 54.3 Å². The van der Waals surface area contributed by atoms with E-state index in [0.29, 0.717) is 46.5 Å². The minimum absolute atomic E-state index is 0.166. The molecule has 0 atom stereocenters. The van der Waals surface area contributed by atoms with Crippen LogP contribution in [0.1, 0.15) is 22.0 Å². The largest absolute Gasteiger partial charge is 0.416 e. The molecular weight excluding hydrogens is 578 g/mol. The van der Waals surface area contributed by atoms with Gasteiger partial charge in [0.15, 0.2) is 5.83 Å². The number of pyridine rings is 1. The molecule has 1 saturated heterocycles. The Morgan fingerprint density at radius 2 is 1.73 bits per heavy atom. The van der Waals surface area contributed by atoms with Crippen LogP contribution in [0.4, 0.5) is 17.6 Å². The summed E-state index contributed by atoms with van der Waals surface area (Å²) in [6.45, 7) is 4.14. The minimum Gasteiger partial charge on any atom is -0.350 e. The molecule has 6 rings (SSSR count). The molecule has 9 nitrogen and oxygen atoms in total. The van der Waals surface area contributed by atoms with E-state index in [2.05, 4.69) is 22.0 Å². The van der Waals surface area contributed by atoms with Gasteiger partial charge in [0.05, 0.1) is 29.9 Å². The van der Waals surface area contributed by atoms with Crippen molar-refractivity contribution >= 4 is 22.8 Å². The predicted octanol–water partition coefficient (Wildman–Crippen LogP) is 5.28. The number of nitrogens with zero attached hydrogens (tertiary/aromatic N) is 6. The first-order valence-corrected chi connectivity index (χ1v) is 13.6. The average Bonchev–Trinajstić information content (AvgIpc) is 3.62. The summed E-state index contributed by atoms with van der Waals surface area (Å²) in [6, 6.07) is 15.0. The third kappa shape index (κ3) is 5.55. The highest BCUT2D eigenvalue weighted by Crippen LogP contribution is 2.38. The number of carbonyl (C=O) groups is 2. The molecular formula is C31H25F4N7O2. The molecule has 1 N–H and O–H groups in total. The maximum Gasteiger partial charge on any atom is 0.416 e. The average molecular weight is 604 g/mol. The zero-order valence-corrected chi connectivity index (χ0v) is 23.1. The molecule has 44 heavy (non-hydrogen) atoms. The zero-order chi connectivity index (χ0) is 31.0. The van der Waals surface area contributed by atoms with E-state index in [-0.39, 0.29) is 25.0 Å². The Hall–Kier alpha value is -5.33. The van der Waals surface area contributed by atoms with E-state index in [9.17, 15) is 27.2 Å². The smallest absolute Gasteiger partial charge is 0.350 e. The summed E-state index contributed by atoms with van der Waals surface area (Å²) < 4.78 is 56.5. The fourth-order valence-electron chi connectivity index (χ4n) is 5.12. The van der Waals surface area contributed by atoms with Gasteiger partial charge in [-0.2, -0.15) is 23.4 Å². The maximum absolute atomic E-state index is 13.5. The van der Waals surface area contributed by atoms with Crippen molar-refractivity contribution in [3.05, 3.63) is 103 Å². The first-order valence-electron chi connectivity index (χ1n) is 13.6. The van der Waals surface area contributed by atoms with Crippen LogP contribution in [-0.2, 0) is 17.5 Å². The number of halogens is 4. The van der Waals surface area contributed by atoms with Crippen molar-refractivity contribution in [2.75, 3.05) is 19.6 Å². The Balaban J connectivity index is 1.31. The predicted molar refractivity (Wildman–Crippen MR) is 154 cm³/mol. The van der Waals surface area contributed by atoms with Gasteiger partial charge in [0.1, 0.15) is 11.2 Å². The van der Waals surface area contributed by atoms with Crippen LogP contribution in [0.3, 0.4) is 0 Å². The summed E-state index contributed by atoms with van der Waals surface area (Å²) in [5.41, 5.74) is 3.03. The van der Waals surface area contributed by atoms with Crippen molar-refractivity contribution in [1.82, 2.24) is 34.8 Å². The van der Waals surface area contributed by atoms with Crippen LogP contribution in [-0.4, -0.2) is 60.9 Å². The summed E-state index contributed by atoms with van der Waals surface area (Å²) in [5, 5.41) is 12.0. The zero-order valence-electron chi connectivity index (χ0n) is 23.1. The van der Waals surface area contributed by atoms with Gasteiger partial charge in [-0.25, -0.2) is 4.39 Å². The summed E-state index contributed by atoms with van der Waals surface area (Å²) in [7, 11) is 0. The molecule has 4 heterocycles. The standard InChI is InChI=1S/C31H25F4N7O2/c1-19(32)30(44)40-17-24(18-40)42-28-25(22-15-38-41(16-22)14-13-37-29(43)21-5-3-2-4-6-21)11-12-36-27(28)26(39-42)20-7-9-23(10-8-20)31(33,34)35/h2-12,15-16,24H,1,13-14,17-18H2,(H,37,43). The molecule has 0 unspecified atom stereocenters. The Bertz CT molecular complexity index is 1860. The monoisotopic (exact) mass is 603 g/mol. The highest BCUT2D eigenvalue weighted by atomic mass is 19.4. The van der Waals surface area contributed by atoms with Crippen LogP contribution >= 0.6 is 0 Å². The Morgan fingerprint density at radius 1 is 1.00 bits per heavy atom. The van der Waals surface area contributed by atoms with E-state index in [4.69, 9.17) is 5.10 Å². The van der Waals surface area contributed by atoms with Gasteiger partial charge in [-0.1, -0.05) is 36.9 Å². The molecule has 224 valence electrons.